The number of hydrogen-bond acceptors (Lipinski definition) is 4. The molecule has 0 radical (unpaired) electrons. The Labute approximate surface area is 111 Å². The van der Waals surface area contributed by atoms with Gasteiger partial charge in [-0.1, -0.05) is 12.1 Å². The summed E-state index contributed by atoms with van der Waals surface area (Å²) in [4.78, 5) is 4.21. The Morgan fingerprint density at radius 1 is 1.33 bits per heavy atom. The van der Waals surface area contributed by atoms with E-state index < -0.39 is 5.41 Å². The molecule has 0 atom stereocenters. The maximum Gasteiger partial charge on any atom is 0.112 e. The summed E-state index contributed by atoms with van der Waals surface area (Å²) >= 11 is 1.64. The van der Waals surface area contributed by atoms with Crippen LogP contribution in [0.15, 0.2) is 35.8 Å². The molecule has 2 aromatic rings. The molecule has 0 spiro atoms. The molecule has 0 fully saturated rings. The van der Waals surface area contributed by atoms with Crippen molar-refractivity contribution in [1.29, 1.82) is 5.26 Å². The van der Waals surface area contributed by atoms with Crippen molar-refractivity contribution in [2.75, 3.05) is 5.32 Å². The highest BCUT2D eigenvalue weighted by molar-refractivity contribution is 7.09. The maximum atomic E-state index is 9.07. The Bertz CT molecular complexity index is 535. The van der Waals surface area contributed by atoms with Crippen molar-refractivity contribution in [3.63, 3.8) is 0 Å². The fraction of sp³-hybridized carbons (Fsp3) is 0.286. The van der Waals surface area contributed by atoms with E-state index in [1.807, 2.05) is 43.5 Å². The first-order chi connectivity index (χ1) is 8.62. The second-order valence-corrected chi connectivity index (χ2v) is 5.57. The number of aromatic nitrogens is 1. The highest BCUT2D eigenvalue weighted by Crippen LogP contribution is 2.23. The van der Waals surface area contributed by atoms with Gasteiger partial charge in [0.15, 0.2) is 0 Å². The first-order valence-corrected chi connectivity index (χ1v) is 6.64. The maximum absolute atomic E-state index is 9.07. The predicted molar refractivity (Wildman–Crippen MR) is 74.5 cm³/mol. The Balaban J connectivity index is 2.02. The average Bonchev–Trinajstić information content (AvgIpc) is 2.90. The second-order valence-electron chi connectivity index (χ2n) is 4.59. The predicted octanol–water partition coefficient (Wildman–Crippen LogP) is 3.56. The van der Waals surface area contributed by atoms with E-state index in [4.69, 9.17) is 5.26 Å². The SMILES string of the molecule is CC(C)(C#N)c1ccc(NCc2nccs2)cc1. The van der Waals surface area contributed by atoms with Crippen LogP contribution in [0.4, 0.5) is 5.69 Å². The largest absolute Gasteiger partial charge is 0.379 e. The molecule has 1 heterocycles. The topological polar surface area (TPSA) is 48.7 Å². The van der Waals surface area contributed by atoms with E-state index in [-0.39, 0.29) is 0 Å². The van der Waals surface area contributed by atoms with Gasteiger partial charge >= 0.3 is 0 Å². The standard InChI is InChI=1S/C14H15N3S/c1-14(2,10-15)11-3-5-12(6-4-11)17-9-13-16-7-8-18-13/h3-8,17H,9H2,1-2H3. The summed E-state index contributed by atoms with van der Waals surface area (Å²) in [5.74, 6) is 0. The van der Waals surface area contributed by atoms with Crippen molar-refractivity contribution in [3.05, 3.63) is 46.4 Å². The molecule has 1 aromatic carbocycles. The van der Waals surface area contributed by atoms with Crippen LogP contribution in [0.3, 0.4) is 0 Å². The minimum absolute atomic E-state index is 0.437. The third-order valence-corrected chi connectivity index (χ3v) is 3.59. The third kappa shape index (κ3) is 2.88. The highest BCUT2D eigenvalue weighted by atomic mass is 32.1. The number of thiazole rings is 1. The van der Waals surface area contributed by atoms with Crippen LogP contribution in [-0.2, 0) is 12.0 Å². The van der Waals surface area contributed by atoms with Crippen molar-refractivity contribution < 1.29 is 0 Å². The normalized spacial score (nSPS) is 10.9. The molecule has 0 saturated carbocycles. The summed E-state index contributed by atoms with van der Waals surface area (Å²) in [6.45, 7) is 4.58. The van der Waals surface area contributed by atoms with E-state index in [1.54, 1.807) is 17.5 Å². The molecular formula is C14H15N3S. The molecule has 2 rings (SSSR count). The molecule has 0 amide bonds. The fourth-order valence-corrected chi connectivity index (χ4v) is 2.14. The molecule has 0 saturated heterocycles. The quantitative estimate of drug-likeness (QED) is 0.911. The van der Waals surface area contributed by atoms with Crippen LogP contribution >= 0.6 is 11.3 Å². The second kappa shape index (κ2) is 5.19. The van der Waals surface area contributed by atoms with Gasteiger partial charge in [-0.2, -0.15) is 5.26 Å². The minimum Gasteiger partial charge on any atom is -0.379 e. The zero-order valence-corrected chi connectivity index (χ0v) is 11.3. The van der Waals surface area contributed by atoms with E-state index in [0.717, 1.165) is 22.8 Å². The van der Waals surface area contributed by atoms with Gasteiger partial charge in [-0.05, 0) is 31.5 Å². The molecule has 3 nitrogen and oxygen atoms in total. The molecule has 0 aliphatic rings. The van der Waals surface area contributed by atoms with Gasteiger partial charge in [0.05, 0.1) is 18.0 Å². The van der Waals surface area contributed by atoms with E-state index in [1.165, 1.54) is 0 Å². The van der Waals surface area contributed by atoms with Crippen LogP contribution in [0.1, 0.15) is 24.4 Å². The number of hydrogen-bond donors (Lipinski definition) is 1. The van der Waals surface area contributed by atoms with Crippen LogP contribution in [0, 0.1) is 11.3 Å². The Morgan fingerprint density at radius 2 is 2.06 bits per heavy atom. The van der Waals surface area contributed by atoms with Crippen molar-refractivity contribution in [2.45, 2.75) is 25.8 Å². The van der Waals surface area contributed by atoms with Crippen molar-refractivity contribution >= 4 is 17.0 Å². The van der Waals surface area contributed by atoms with Gasteiger partial charge in [-0.15, -0.1) is 11.3 Å². The molecule has 1 aromatic heterocycles. The van der Waals surface area contributed by atoms with E-state index in [0.29, 0.717) is 0 Å². The van der Waals surface area contributed by atoms with Crippen LogP contribution in [-0.4, -0.2) is 4.98 Å². The van der Waals surface area contributed by atoms with Gasteiger partial charge < -0.3 is 5.32 Å². The molecule has 1 N–H and O–H groups in total. The molecular weight excluding hydrogens is 242 g/mol. The van der Waals surface area contributed by atoms with Crippen LogP contribution in [0.5, 0.6) is 0 Å². The summed E-state index contributed by atoms with van der Waals surface area (Å²) in [5.41, 5.74) is 1.64. The summed E-state index contributed by atoms with van der Waals surface area (Å²) in [6.07, 6.45) is 1.81. The lowest BCUT2D eigenvalue weighted by Crippen LogP contribution is -2.13. The minimum atomic E-state index is -0.437. The number of nitrogens with zero attached hydrogens (tertiary/aromatic N) is 2. The molecule has 92 valence electrons. The Kier molecular flexibility index (Phi) is 3.63. The highest BCUT2D eigenvalue weighted by Gasteiger charge is 2.18. The lowest BCUT2D eigenvalue weighted by atomic mass is 9.86. The molecule has 18 heavy (non-hydrogen) atoms. The van der Waals surface area contributed by atoms with Crippen molar-refractivity contribution in [3.8, 4) is 6.07 Å². The number of anilines is 1. The lowest BCUT2D eigenvalue weighted by Gasteiger charge is -2.16. The van der Waals surface area contributed by atoms with Crippen molar-refractivity contribution in [2.24, 2.45) is 0 Å². The Morgan fingerprint density at radius 3 is 2.61 bits per heavy atom. The van der Waals surface area contributed by atoms with Crippen LogP contribution in [0.2, 0.25) is 0 Å². The smallest absolute Gasteiger partial charge is 0.112 e. The molecule has 0 unspecified atom stereocenters. The lowest BCUT2D eigenvalue weighted by molar-refractivity contribution is 0.687. The van der Waals surface area contributed by atoms with Gasteiger partial charge in [0.2, 0.25) is 0 Å². The van der Waals surface area contributed by atoms with Gasteiger partial charge in [-0.3, -0.25) is 0 Å². The fourth-order valence-electron chi connectivity index (χ4n) is 1.59. The first kappa shape index (κ1) is 12.6. The van der Waals surface area contributed by atoms with Gasteiger partial charge in [-0.25, -0.2) is 4.98 Å². The third-order valence-electron chi connectivity index (χ3n) is 2.81. The van der Waals surface area contributed by atoms with Gasteiger partial charge in [0.1, 0.15) is 5.01 Å². The summed E-state index contributed by atoms with van der Waals surface area (Å²) < 4.78 is 0. The molecule has 0 aliphatic heterocycles. The molecule has 4 heteroatoms. The van der Waals surface area contributed by atoms with Crippen LogP contribution < -0.4 is 5.32 Å². The zero-order valence-electron chi connectivity index (χ0n) is 10.5. The molecule has 0 bridgehead atoms. The van der Waals surface area contributed by atoms with Gasteiger partial charge in [0.25, 0.3) is 0 Å². The van der Waals surface area contributed by atoms with Crippen molar-refractivity contribution in [1.82, 2.24) is 4.98 Å². The zero-order chi connectivity index (χ0) is 13.0. The number of nitrogens with one attached hydrogen (secondary N) is 1. The molecule has 0 aliphatic carbocycles. The number of nitriles is 1. The summed E-state index contributed by atoms with van der Waals surface area (Å²) in [5, 5.41) is 15.4. The first-order valence-electron chi connectivity index (χ1n) is 5.76. The van der Waals surface area contributed by atoms with Crippen LogP contribution in [0.25, 0.3) is 0 Å². The Hall–Kier alpha value is -1.86. The average molecular weight is 257 g/mol. The van der Waals surface area contributed by atoms with E-state index >= 15 is 0 Å². The van der Waals surface area contributed by atoms with Gasteiger partial charge in [0, 0.05) is 17.3 Å². The number of benzene rings is 1. The monoisotopic (exact) mass is 257 g/mol. The summed E-state index contributed by atoms with van der Waals surface area (Å²) in [7, 11) is 0. The van der Waals surface area contributed by atoms with E-state index in [2.05, 4.69) is 16.4 Å². The van der Waals surface area contributed by atoms with E-state index in [9.17, 15) is 0 Å². The number of rotatable bonds is 4. The summed E-state index contributed by atoms with van der Waals surface area (Å²) in [6, 6.07) is 10.3.